The zero-order valence-corrected chi connectivity index (χ0v) is 8.98. The van der Waals surface area contributed by atoms with Crippen LogP contribution in [-0.2, 0) is 0 Å². The summed E-state index contributed by atoms with van der Waals surface area (Å²) in [5.41, 5.74) is 0.772. The zero-order valence-electron chi connectivity index (χ0n) is 8.98. The number of rotatable bonds is 2. The molecule has 72 valence electrons. The van der Waals surface area contributed by atoms with E-state index >= 15 is 0 Å². The summed E-state index contributed by atoms with van der Waals surface area (Å²) in [7, 11) is 0. The molecule has 0 spiro atoms. The number of nitrogens with one attached hydrogen (secondary N) is 1. The molecule has 1 heteroatoms. The van der Waals surface area contributed by atoms with Gasteiger partial charge in [-0.15, -0.1) is 0 Å². The molecule has 1 aliphatic heterocycles. The molecular weight excluding hydrogens is 146 g/mol. The molecule has 1 saturated carbocycles. The Balaban J connectivity index is 0.000000336. The van der Waals surface area contributed by atoms with Gasteiger partial charge in [-0.1, -0.05) is 27.7 Å². The van der Waals surface area contributed by atoms with Crippen molar-refractivity contribution in [1.29, 1.82) is 0 Å². The normalized spacial score (nSPS) is 37.2. The van der Waals surface area contributed by atoms with E-state index in [2.05, 4.69) is 19.2 Å². The van der Waals surface area contributed by atoms with Crippen LogP contribution in [0.2, 0.25) is 0 Å². The molecule has 0 bridgehead atoms. The highest BCUT2D eigenvalue weighted by Crippen LogP contribution is 2.58. The fraction of sp³-hybridized carbons (Fsp3) is 1.00. The van der Waals surface area contributed by atoms with Crippen molar-refractivity contribution in [2.24, 2.45) is 17.3 Å². The molecular formula is C11H23N. The van der Waals surface area contributed by atoms with Crippen LogP contribution in [0.15, 0.2) is 0 Å². The first-order chi connectivity index (χ1) is 5.73. The largest absolute Gasteiger partial charge is 0.316 e. The first kappa shape index (κ1) is 10.0. The van der Waals surface area contributed by atoms with Crippen LogP contribution in [0, 0.1) is 17.3 Å². The molecule has 1 aliphatic carbocycles. The van der Waals surface area contributed by atoms with Crippen molar-refractivity contribution in [3.63, 3.8) is 0 Å². The quantitative estimate of drug-likeness (QED) is 0.670. The molecule has 1 nitrogen and oxygen atoms in total. The van der Waals surface area contributed by atoms with Gasteiger partial charge < -0.3 is 5.32 Å². The van der Waals surface area contributed by atoms with E-state index in [0.29, 0.717) is 0 Å². The SMILES string of the molecule is CC.CC(C)CC12CNCC1C2. The molecule has 2 atom stereocenters. The lowest BCUT2D eigenvalue weighted by atomic mass is 9.94. The predicted molar refractivity (Wildman–Crippen MR) is 54.2 cm³/mol. The Hall–Kier alpha value is -0.0400. The minimum atomic E-state index is 0.772. The number of hydrogen-bond acceptors (Lipinski definition) is 1. The summed E-state index contributed by atoms with van der Waals surface area (Å²) in [6, 6.07) is 0. The summed E-state index contributed by atoms with van der Waals surface area (Å²) in [5.74, 6) is 1.94. The van der Waals surface area contributed by atoms with E-state index in [1.807, 2.05) is 13.8 Å². The van der Waals surface area contributed by atoms with Gasteiger partial charge in [0.15, 0.2) is 0 Å². The summed E-state index contributed by atoms with van der Waals surface area (Å²) in [4.78, 5) is 0. The number of piperidine rings is 1. The molecule has 2 aliphatic rings. The van der Waals surface area contributed by atoms with Crippen LogP contribution in [0.1, 0.15) is 40.5 Å². The zero-order chi connectivity index (χ0) is 9.19. The second-order valence-corrected chi connectivity index (χ2v) is 4.49. The second kappa shape index (κ2) is 3.78. The van der Waals surface area contributed by atoms with Crippen molar-refractivity contribution in [1.82, 2.24) is 5.32 Å². The van der Waals surface area contributed by atoms with Gasteiger partial charge in [-0.25, -0.2) is 0 Å². The molecule has 12 heavy (non-hydrogen) atoms. The molecule has 0 aromatic rings. The molecule has 0 amide bonds. The van der Waals surface area contributed by atoms with Gasteiger partial charge in [-0.2, -0.15) is 0 Å². The average molecular weight is 169 g/mol. The molecule has 2 fully saturated rings. The molecule has 2 unspecified atom stereocenters. The Morgan fingerprint density at radius 3 is 2.42 bits per heavy atom. The van der Waals surface area contributed by atoms with Crippen LogP contribution >= 0.6 is 0 Å². The van der Waals surface area contributed by atoms with E-state index in [1.54, 1.807) is 0 Å². The third-order valence-electron chi connectivity index (χ3n) is 3.04. The Kier molecular flexibility index (Phi) is 3.16. The van der Waals surface area contributed by atoms with Crippen LogP contribution in [0.5, 0.6) is 0 Å². The molecule has 0 aromatic heterocycles. The Labute approximate surface area is 76.9 Å². The van der Waals surface area contributed by atoms with Gasteiger partial charge in [0.1, 0.15) is 0 Å². The lowest BCUT2D eigenvalue weighted by Crippen LogP contribution is -2.17. The number of hydrogen-bond donors (Lipinski definition) is 1. The van der Waals surface area contributed by atoms with Crippen LogP contribution in [0.4, 0.5) is 0 Å². The van der Waals surface area contributed by atoms with E-state index in [4.69, 9.17) is 0 Å². The monoisotopic (exact) mass is 169 g/mol. The maximum atomic E-state index is 3.47. The highest BCUT2D eigenvalue weighted by atomic mass is 15.0. The highest BCUT2D eigenvalue weighted by molar-refractivity contribution is 5.09. The van der Waals surface area contributed by atoms with Crippen LogP contribution in [0.25, 0.3) is 0 Å². The lowest BCUT2D eigenvalue weighted by molar-refractivity contribution is 0.393. The Morgan fingerprint density at radius 1 is 1.42 bits per heavy atom. The van der Waals surface area contributed by atoms with Gasteiger partial charge in [-0.3, -0.25) is 0 Å². The fourth-order valence-electron chi connectivity index (χ4n) is 2.57. The Bertz CT molecular complexity index is 142. The average Bonchev–Trinajstić information content (AvgIpc) is 2.56. The van der Waals surface area contributed by atoms with Crippen LogP contribution in [0.3, 0.4) is 0 Å². The van der Waals surface area contributed by atoms with Gasteiger partial charge in [0, 0.05) is 6.54 Å². The van der Waals surface area contributed by atoms with Crippen molar-refractivity contribution in [3.8, 4) is 0 Å². The fourth-order valence-corrected chi connectivity index (χ4v) is 2.57. The van der Waals surface area contributed by atoms with Crippen LogP contribution in [-0.4, -0.2) is 13.1 Å². The van der Waals surface area contributed by atoms with E-state index in [1.165, 1.54) is 25.9 Å². The summed E-state index contributed by atoms with van der Waals surface area (Å²) in [6.45, 7) is 11.3. The smallest absolute Gasteiger partial charge is 0.00113 e. The standard InChI is InChI=1S/C9H17N.C2H6/c1-7(2)3-9-4-8(9)5-10-6-9;1-2/h7-8,10H,3-6H2,1-2H3;1-2H3. The van der Waals surface area contributed by atoms with E-state index in [0.717, 1.165) is 17.3 Å². The predicted octanol–water partition coefficient (Wildman–Crippen LogP) is 2.67. The van der Waals surface area contributed by atoms with E-state index in [-0.39, 0.29) is 0 Å². The maximum absolute atomic E-state index is 3.47. The first-order valence-corrected chi connectivity index (χ1v) is 5.44. The van der Waals surface area contributed by atoms with Crippen molar-refractivity contribution in [2.45, 2.75) is 40.5 Å². The summed E-state index contributed by atoms with van der Waals surface area (Å²) in [6.07, 6.45) is 2.96. The molecule has 2 rings (SSSR count). The molecule has 1 heterocycles. The summed E-state index contributed by atoms with van der Waals surface area (Å²) < 4.78 is 0. The van der Waals surface area contributed by atoms with Crippen molar-refractivity contribution in [3.05, 3.63) is 0 Å². The summed E-state index contributed by atoms with van der Waals surface area (Å²) in [5, 5.41) is 3.47. The van der Waals surface area contributed by atoms with Gasteiger partial charge in [-0.05, 0) is 36.6 Å². The first-order valence-electron chi connectivity index (χ1n) is 5.44. The second-order valence-electron chi connectivity index (χ2n) is 4.49. The molecule has 0 radical (unpaired) electrons. The van der Waals surface area contributed by atoms with Gasteiger partial charge in [0.25, 0.3) is 0 Å². The maximum Gasteiger partial charge on any atom is 0.00113 e. The third-order valence-corrected chi connectivity index (χ3v) is 3.04. The Morgan fingerprint density at radius 2 is 2.08 bits per heavy atom. The van der Waals surface area contributed by atoms with Crippen molar-refractivity contribution in [2.75, 3.05) is 13.1 Å². The van der Waals surface area contributed by atoms with Gasteiger partial charge >= 0.3 is 0 Å². The molecule has 1 N–H and O–H groups in total. The molecule has 0 aromatic carbocycles. The summed E-state index contributed by atoms with van der Waals surface area (Å²) >= 11 is 0. The van der Waals surface area contributed by atoms with Crippen molar-refractivity contribution < 1.29 is 0 Å². The minimum Gasteiger partial charge on any atom is -0.316 e. The number of fused-ring (bicyclic) bond motifs is 1. The van der Waals surface area contributed by atoms with Gasteiger partial charge in [0.05, 0.1) is 0 Å². The third kappa shape index (κ3) is 1.82. The molecule has 1 saturated heterocycles. The van der Waals surface area contributed by atoms with Crippen LogP contribution < -0.4 is 5.32 Å². The topological polar surface area (TPSA) is 12.0 Å². The lowest BCUT2D eigenvalue weighted by Gasteiger charge is -2.13. The van der Waals surface area contributed by atoms with E-state index < -0.39 is 0 Å². The van der Waals surface area contributed by atoms with Gasteiger partial charge in [0.2, 0.25) is 0 Å². The highest BCUT2D eigenvalue weighted by Gasteiger charge is 2.56. The minimum absolute atomic E-state index is 0.772. The van der Waals surface area contributed by atoms with E-state index in [9.17, 15) is 0 Å². The van der Waals surface area contributed by atoms with Crippen molar-refractivity contribution >= 4 is 0 Å².